The molecule has 2 aromatic heterocycles. The number of ether oxygens (including phenoxy) is 2. The summed E-state index contributed by atoms with van der Waals surface area (Å²) in [5.74, 6) is 0.480. The number of aliphatic hydroxyl groups excluding tert-OH is 1. The van der Waals surface area contributed by atoms with Gasteiger partial charge in [-0.15, -0.1) is 0 Å². The molecule has 96 valence electrons. The molecule has 1 saturated heterocycles. The first kappa shape index (κ1) is 11.4. The molecule has 7 nitrogen and oxygen atoms in total. The highest BCUT2D eigenvalue weighted by molar-refractivity contribution is 5.74. The Hall–Kier alpha value is -1.73. The number of rotatable bonds is 4. The van der Waals surface area contributed by atoms with E-state index in [0.717, 1.165) is 12.8 Å². The third-order valence-electron chi connectivity index (χ3n) is 2.99. The highest BCUT2D eigenvalue weighted by Crippen LogP contribution is 2.22. The first-order valence-corrected chi connectivity index (χ1v) is 5.90. The van der Waals surface area contributed by atoms with Crippen molar-refractivity contribution in [2.45, 2.75) is 25.0 Å². The summed E-state index contributed by atoms with van der Waals surface area (Å²) >= 11 is 0. The Kier molecular flexibility index (Phi) is 3.07. The maximum absolute atomic E-state index is 8.98. The van der Waals surface area contributed by atoms with Crippen molar-refractivity contribution < 1.29 is 14.6 Å². The molecule has 2 N–H and O–H groups in total. The summed E-state index contributed by atoms with van der Waals surface area (Å²) < 4.78 is 11.2. The molecular weight excluding hydrogens is 236 g/mol. The molecule has 7 heteroatoms. The van der Waals surface area contributed by atoms with Gasteiger partial charge in [-0.2, -0.15) is 4.98 Å². The van der Waals surface area contributed by atoms with Crippen LogP contribution in [-0.4, -0.2) is 50.5 Å². The maximum Gasteiger partial charge on any atom is 0.243 e. The van der Waals surface area contributed by atoms with Crippen molar-refractivity contribution in [3.63, 3.8) is 0 Å². The van der Waals surface area contributed by atoms with E-state index in [4.69, 9.17) is 14.6 Å². The second-order valence-corrected chi connectivity index (χ2v) is 4.23. The summed E-state index contributed by atoms with van der Waals surface area (Å²) in [6, 6.07) is 0. The molecule has 2 atom stereocenters. The summed E-state index contributed by atoms with van der Waals surface area (Å²) in [6.07, 6.45) is 4.69. The number of nitrogens with zero attached hydrogens (tertiary/aromatic N) is 3. The van der Waals surface area contributed by atoms with Crippen LogP contribution < -0.4 is 4.74 Å². The minimum Gasteiger partial charge on any atom is -0.473 e. The van der Waals surface area contributed by atoms with Crippen molar-refractivity contribution in [3.8, 4) is 5.88 Å². The second kappa shape index (κ2) is 4.87. The van der Waals surface area contributed by atoms with Crippen molar-refractivity contribution in [1.29, 1.82) is 0 Å². The van der Waals surface area contributed by atoms with Crippen LogP contribution in [0.15, 0.2) is 12.7 Å². The molecule has 0 aliphatic carbocycles. The Balaban J connectivity index is 1.65. The zero-order valence-corrected chi connectivity index (χ0v) is 9.74. The van der Waals surface area contributed by atoms with E-state index < -0.39 is 0 Å². The summed E-state index contributed by atoms with van der Waals surface area (Å²) in [7, 11) is 0. The van der Waals surface area contributed by atoms with Crippen LogP contribution in [-0.2, 0) is 4.74 Å². The zero-order valence-electron chi connectivity index (χ0n) is 9.74. The first-order chi connectivity index (χ1) is 8.86. The first-order valence-electron chi connectivity index (χ1n) is 5.90. The minimum absolute atomic E-state index is 0.00934. The fourth-order valence-corrected chi connectivity index (χ4v) is 2.06. The van der Waals surface area contributed by atoms with Gasteiger partial charge in [0.2, 0.25) is 5.88 Å². The van der Waals surface area contributed by atoms with Crippen molar-refractivity contribution in [2.24, 2.45) is 0 Å². The van der Waals surface area contributed by atoms with E-state index in [1.54, 1.807) is 6.33 Å². The smallest absolute Gasteiger partial charge is 0.243 e. The van der Waals surface area contributed by atoms with Crippen molar-refractivity contribution in [1.82, 2.24) is 19.9 Å². The average molecular weight is 250 g/mol. The number of hydrogen-bond donors (Lipinski definition) is 2. The fourth-order valence-electron chi connectivity index (χ4n) is 2.06. The van der Waals surface area contributed by atoms with E-state index in [-0.39, 0.29) is 18.8 Å². The van der Waals surface area contributed by atoms with Gasteiger partial charge in [0.05, 0.1) is 25.1 Å². The Bertz CT molecular complexity index is 530. The van der Waals surface area contributed by atoms with Crippen LogP contribution in [0.2, 0.25) is 0 Å². The lowest BCUT2D eigenvalue weighted by Crippen LogP contribution is -2.20. The van der Waals surface area contributed by atoms with Crippen molar-refractivity contribution in [2.75, 3.05) is 13.2 Å². The van der Waals surface area contributed by atoms with Gasteiger partial charge in [0, 0.05) is 0 Å². The molecule has 0 unspecified atom stereocenters. The van der Waals surface area contributed by atoms with Crippen LogP contribution in [0.25, 0.3) is 11.2 Å². The number of aromatic amines is 1. The van der Waals surface area contributed by atoms with Crippen molar-refractivity contribution in [3.05, 3.63) is 12.7 Å². The summed E-state index contributed by atoms with van der Waals surface area (Å²) in [5.41, 5.74) is 1.27. The number of aromatic nitrogens is 4. The van der Waals surface area contributed by atoms with Gasteiger partial charge in [-0.1, -0.05) is 0 Å². The number of nitrogens with one attached hydrogen (secondary N) is 1. The van der Waals surface area contributed by atoms with Crippen LogP contribution in [0.4, 0.5) is 0 Å². The SMILES string of the molecule is OC[C@@H]1CC[C@H](COc2ncnc3nc[nH]c23)O1. The molecule has 1 aliphatic heterocycles. The molecule has 1 fully saturated rings. The van der Waals surface area contributed by atoms with Gasteiger partial charge in [-0.25, -0.2) is 9.97 Å². The van der Waals surface area contributed by atoms with Crippen LogP contribution in [0.5, 0.6) is 5.88 Å². The molecule has 0 bridgehead atoms. The quantitative estimate of drug-likeness (QED) is 0.809. The Morgan fingerprint density at radius 2 is 2.22 bits per heavy atom. The molecule has 2 aromatic rings. The molecular formula is C11H14N4O3. The molecule has 3 rings (SSSR count). The van der Waals surface area contributed by atoms with Gasteiger partial charge in [-0.3, -0.25) is 0 Å². The van der Waals surface area contributed by atoms with Gasteiger partial charge >= 0.3 is 0 Å². The Morgan fingerprint density at radius 1 is 1.33 bits per heavy atom. The van der Waals surface area contributed by atoms with Gasteiger partial charge < -0.3 is 19.6 Å². The summed E-state index contributed by atoms with van der Waals surface area (Å²) in [4.78, 5) is 15.1. The number of H-pyrrole nitrogens is 1. The van der Waals surface area contributed by atoms with E-state index in [1.165, 1.54) is 6.33 Å². The number of imidazole rings is 1. The lowest BCUT2D eigenvalue weighted by Gasteiger charge is -2.12. The van der Waals surface area contributed by atoms with E-state index in [2.05, 4.69) is 19.9 Å². The second-order valence-electron chi connectivity index (χ2n) is 4.23. The lowest BCUT2D eigenvalue weighted by molar-refractivity contribution is -0.00767. The highest BCUT2D eigenvalue weighted by Gasteiger charge is 2.25. The molecule has 0 radical (unpaired) electrons. The summed E-state index contributed by atoms with van der Waals surface area (Å²) in [6.45, 7) is 0.483. The Morgan fingerprint density at radius 3 is 3.06 bits per heavy atom. The van der Waals surface area contributed by atoms with Crippen molar-refractivity contribution >= 4 is 11.2 Å². The molecule has 0 saturated carbocycles. The summed E-state index contributed by atoms with van der Waals surface area (Å²) in [5, 5.41) is 8.98. The zero-order chi connectivity index (χ0) is 12.4. The van der Waals surface area contributed by atoms with Crippen LogP contribution in [0, 0.1) is 0 Å². The van der Waals surface area contributed by atoms with E-state index >= 15 is 0 Å². The fraction of sp³-hybridized carbons (Fsp3) is 0.545. The van der Waals surface area contributed by atoms with Crippen LogP contribution in [0.1, 0.15) is 12.8 Å². The molecule has 0 amide bonds. The largest absolute Gasteiger partial charge is 0.473 e. The highest BCUT2D eigenvalue weighted by atomic mass is 16.6. The average Bonchev–Trinajstić information content (AvgIpc) is 3.05. The molecule has 3 heterocycles. The normalized spacial score (nSPS) is 23.6. The van der Waals surface area contributed by atoms with Crippen LogP contribution >= 0.6 is 0 Å². The Labute approximate surface area is 103 Å². The topological polar surface area (TPSA) is 93.1 Å². The molecule has 0 aromatic carbocycles. The lowest BCUT2D eigenvalue weighted by atomic mass is 10.2. The van der Waals surface area contributed by atoms with Gasteiger partial charge in [0.15, 0.2) is 5.65 Å². The van der Waals surface area contributed by atoms with E-state index in [0.29, 0.717) is 23.7 Å². The van der Waals surface area contributed by atoms with E-state index in [1.807, 2.05) is 0 Å². The molecule has 1 aliphatic rings. The third kappa shape index (κ3) is 2.14. The number of fused-ring (bicyclic) bond motifs is 1. The maximum atomic E-state index is 8.98. The van der Waals surface area contributed by atoms with E-state index in [9.17, 15) is 0 Å². The third-order valence-corrected chi connectivity index (χ3v) is 2.99. The predicted molar refractivity (Wildman–Crippen MR) is 62.2 cm³/mol. The molecule has 18 heavy (non-hydrogen) atoms. The van der Waals surface area contributed by atoms with Crippen LogP contribution in [0.3, 0.4) is 0 Å². The number of aliphatic hydroxyl groups is 1. The van der Waals surface area contributed by atoms with Gasteiger partial charge in [0.1, 0.15) is 18.5 Å². The monoisotopic (exact) mass is 250 g/mol. The van der Waals surface area contributed by atoms with Gasteiger partial charge in [-0.05, 0) is 12.8 Å². The number of hydrogen-bond acceptors (Lipinski definition) is 6. The standard InChI is InChI=1S/C11H14N4O3/c16-3-7-1-2-8(18-7)4-17-11-9-10(13-5-12-9)14-6-15-11/h5-8,16H,1-4H2,(H,12,13,14,15)/t7-,8+/m0/s1. The van der Waals surface area contributed by atoms with Gasteiger partial charge in [0.25, 0.3) is 0 Å². The molecule has 0 spiro atoms. The predicted octanol–water partition coefficient (Wildman–Crippen LogP) is 0.272. The minimum atomic E-state index is -0.0591.